The molecule has 7 heteroatoms. The summed E-state index contributed by atoms with van der Waals surface area (Å²) in [6.45, 7) is 1.50. The van der Waals surface area contributed by atoms with Gasteiger partial charge in [0.05, 0.1) is 18.4 Å². The molecule has 7 nitrogen and oxygen atoms in total. The molecule has 0 aromatic heterocycles. The molecule has 1 heterocycles. The van der Waals surface area contributed by atoms with Gasteiger partial charge in [0.2, 0.25) is 5.91 Å². The summed E-state index contributed by atoms with van der Waals surface area (Å²) >= 11 is 0. The summed E-state index contributed by atoms with van der Waals surface area (Å²) in [5.41, 5.74) is 2.40. The van der Waals surface area contributed by atoms with Gasteiger partial charge >= 0.3 is 5.97 Å². The van der Waals surface area contributed by atoms with Crippen molar-refractivity contribution in [3.63, 3.8) is 0 Å². The predicted molar refractivity (Wildman–Crippen MR) is 99.9 cm³/mol. The molecule has 2 aromatic rings. The molecule has 1 unspecified atom stereocenters. The summed E-state index contributed by atoms with van der Waals surface area (Å²) in [4.78, 5) is 36.1. The van der Waals surface area contributed by atoms with Crippen LogP contribution < -0.4 is 15.4 Å². The van der Waals surface area contributed by atoms with E-state index in [9.17, 15) is 14.4 Å². The van der Waals surface area contributed by atoms with Gasteiger partial charge in [-0.2, -0.15) is 0 Å². The monoisotopic (exact) mass is 368 g/mol. The van der Waals surface area contributed by atoms with Crippen LogP contribution >= 0.6 is 0 Å². The highest BCUT2D eigenvalue weighted by Crippen LogP contribution is 2.25. The molecule has 27 heavy (non-hydrogen) atoms. The number of amides is 2. The van der Waals surface area contributed by atoms with E-state index >= 15 is 0 Å². The molecule has 0 radical (unpaired) electrons. The van der Waals surface area contributed by atoms with Gasteiger partial charge in [0.15, 0.2) is 6.10 Å². The number of rotatable bonds is 5. The molecule has 0 saturated carbocycles. The molecule has 2 aromatic carbocycles. The highest BCUT2D eigenvalue weighted by atomic mass is 16.5. The van der Waals surface area contributed by atoms with E-state index in [-0.39, 0.29) is 5.91 Å². The van der Waals surface area contributed by atoms with E-state index < -0.39 is 18.0 Å². The fraction of sp³-hybridized carbons (Fsp3) is 0.250. The normalized spacial score (nSPS) is 13.8. The Morgan fingerprint density at radius 1 is 1.15 bits per heavy atom. The third kappa shape index (κ3) is 4.25. The maximum Gasteiger partial charge on any atom is 0.338 e. The molecule has 2 N–H and O–H groups in total. The Morgan fingerprint density at radius 3 is 2.70 bits per heavy atom. The minimum atomic E-state index is -0.988. The van der Waals surface area contributed by atoms with Crippen LogP contribution in [0.5, 0.6) is 5.75 Å². The zero-order chi connectivity index (χ0) is 19.4. The van der Waals surface area contributed by atoms with Crippen molar-refractivity contribution >= 4 is 29.2 Å². The second-order valence-corrected chi connectivity index (χ2v) is 6.16. The molecule has 0 bridgehead atoms. The summed E-state index contributed by atoms with van der Waals surface area (Å²) in [5, 5.41) is 5.44. The molecule has 0 spiro atoms. The fourth-order valence-corrected chi connectivity index (χ4v) is 2.77. The summed E-state index contributed by atoms with van der Waals surface area (Å²) in [6.07, 6.45) is -0.0480. The first kappa shape index (κ1) is 18.4. The van der Waals surface area contributed by atoms with Crippen LogP contribution in [-0.4, -0.2) is 31.0 Å². The summed E-state index contributed by atoms with van der Waals surface area (Å²) < 4.78 is 10.5. The van der Waals surface area contributed by atoms with Crippen molar-refractivity contribution in [2.45, 2.75) is 25.9 Å². The van der Waals surface area contributed by atoms with Gasteiger partial charge in [0, 0.05) is 12.1 Å². The average molecular weight is 368 g/mol. The van der Waals surface area contributed by atoms with E-state index in [1.54, 1.807) is 42.5 Å². The van der Waals surface area contributed by atoms with E-state index in [0.717, 1.165) is 5.56 Å². The number of ether oxygens (including phenoxy) is 2. The number of esters is 1. The summed E-state index contributed by atoms with van der Waals surface area (Å²) in [7, 11) is 1.51. The maximum atomic E-state index is 12.4. The van der Waals surface area contributed by atoms with Crippen molar-refractivity contribution in [1.82, 2.24) is 0 Å². The Labute approximate surface area is 156 Å². The number of carbonyl (C=O) groups is 3. The largest absolute Gasteiger partial charge is 0.495 e. The molecule has 1 atom stereocenters. The molecule has 0 aliphatic carbocycles. The minimum Gasteiger partial charge on any atom is -0.495 e. The Bertz CT molecular complexity index is 894. The third-order valence-electron chi connectivity index (χ3n) is 4.25. The molecular weight excluding hydrogens is 348 g/mol. The van der Waals surface area contributed by atoms with Gasteiger partial charge in [-0.3, -0.25) is 9.59 Å². The zero-order valence-corrected chi connectivity index (χ0v) is 15.1. The van der Waals surface area contributed by atoms with Gasteiger partial charge in [-0.25, -0.2) is 4.79 Å². The Morgan fingerprint density at radius 2 is 1.93 bits per heavy atom. The topological polar surface area (TPSA) is 93.7 Å². The highest BCUT2D eigenvalue weighted by molar-refractivity contribution is 5.99. The number of hydrogen-bond acceptors (Lipinski definition) is 5. The lowest BCUT2D eigenvalue weighted by atomic mass is 10.0. The van der Waals surface area contributed by atoms with Crippen molar-refractivity contribution in [2.75, 3.05) is 17.7 Å². The fourth-order valence-electron chi connectivity index (χ4n) is 2.77. The molecule has 2 amide bonds. The van der Waals surface area contributed by atoms with Gasteiger partial charge in [0.1, 0.15) is 5.75 Å². The molecular formula is C20H20N2O5. The number of methoxy groups -OCH3 is 1. The second kappa shape index (κ2) is 7.90. The van der Waals surface area contributed by atoms with E-state index in [0.29, 0.717) is 35.5 Å². The van der Waals surface area contributed by atoms with Crippen LogP contribution in [0.3, 0.4) is 0 Å². The van der Waals surface area contributed by atoms with E-state index in [1.807, 2.05) is 0 Å². The van der Waals surface area contributed by atoms with Crippen LogP contribution in [0, 0.1) is 0 Å². The van der Waals surface area contributed by atoms with Gasteiger partial charge < -0.3 is 20.1 Å². The van der Waals surface area contributed by atoms with E-state index in [4.69, 9.17) is 9.47 Å². The number of nitrogens with one attached hydrogen (secondary N) is 2. The Kier molecular flexibility index (Phi) is 5.40. The number of para-hydroxylation sites is 2. The first-order chi connectivity index (χ1) is 13.0. The Hall–Kier alpha value is -3.35. The van der Waals surface area contributed by atoms with Crippen molar-refractivity contribution in [3.8, 4) is 5.75 Å². The van der Waals surface area contributed by atoms with E-state index in [2.05, 4.69) is 10.6 Å². The minimum absolute atomic E-state index is 0.0422. The summed E-state index contributed by atoms with van der Waals surface area (Å²) in [6, 6.07) is 11.9. The number of benzene rings is 2. The molecule has 140 valence electrons. The standard InChI is InChI=1S/C20H20N2O5/c1-12(19(24)22-16-5-3-4-6-17(16)26-2)27-20(25)14-7-9-15-13(11-14)8-10-18(23)21-15/h3-7,9,11-12H,8,10H2,1-2H3,(H,21,23)(H,22,24). The lowest BCUT2D eigenvalue weighted by Gasteiger charge is -2.18. The van der Waals surface area contributed by atoms with Crippen LogP contribution in [0.2, 0.25) is 0 Å². The van der Waals surface area contributed by atoms with Gasteiger partial charge in [-0.05, 0) is 49.2 Å². The number of anilines is 2. The van der Waals surface area contributed by atoms with Crippen molar-refractivity contribution in [2.24, 2.45) is 0 Å². The molecule has 1 aliphatic rings. The number of aryl methyl sites for hydroxylation is 1. The first-order valence-corrected chi connectivity index (χ1v) is 8.55. The highest BCUT2D eigenvalue weighted by Gasteiger charge is 2.22. The summed E-state index contributed by atoms with van der Waals surface area (Å²) in [5.74, 6) is -0.587. The van der Waals surface area contributed by atoms with Crippen LogP contribution in [-0.2, 0) is 20.7 Å². The predicted octanol–water partition coefficient (Wildman–Crippen LogP) is 2.76. The third-order valence-corrected chi connectivity index (χ3v) is 4.25. The zero-order valence-electron chi connectivity index (χ0n) is 15.1. The molecule has 0 fully saturated rings. The van der Waals surface area contributed by atoms with Gasteiger partial charge in [-0.15, -0.1) is 0 Å². The van der Waals surface area contributed by atoms with Crippen LogP contribution in [0.15, 0.2) is 42.5 Å². The lowest BCUT2D eigenvalue weighted by molar-refractivity contribution is -0.123. The lowest BCUT2D eigenvalue weighted by Crippen LogP contribution is -2.30. The van der Waals surface area contributed by atoms with Crippen LogP contribution in [0.4, 0.5) is 11.4 Å². The van der Waals surface area contributed by atoms with Gasteiger partial charge in [-0.1, -0.05) is 12.1 Å². The van der Waals surface area contributed by atoms with Crippen LogP contribution in [0.1, 0.15) is 29.3 Å². The molecule has 0 saturated heterocycles. The van der Waals surface area contributed by atoms with Gasteiger partial charge in [0.25, 0.3) is 5.91 Å². The number of carbonyl (C=O) groups excluding carboxylic acids is 3. The van der Waals surface area contributed by atoms with E-state index in [1.165, 1.54) is 14.0 Å². The maximum absolute atomic E-state index is 12.4. The number of hydrogen-bond donors (Lipinski definition) is 2. The first-order valence-electron chi connectivity index (χ1n) is 8.55. The Balaban J connectivity index is 1.65. The SMILES string of the molecule is COc1ccccc1NC(=O)C(C)OC(=O)c1ccc2c(c1)CCC(=O)N2. The average Bonchev–Trinajstić information content (AvgIpc) is 2.67. The smallest absolute Gasteiger partial charge is 0.338 e. The molecule has 3 rings (SSSR count). The van der Waals surface area contributed by atoms with Crippen molar-refractivity contribution < 1.29 is 23.9 Å². The quantitative estimate of drug-likeness (QED) is 0.792. The van der Waals surface area contributed by atoms with Crippen LogP contribution in [0.25, 0.3) is 0 Å². The van der Waals surface area contributed by atoms with Crippen molar-refractivity contribution in [3.05, 3.63) is 53.6 Å². The second-order valence-electron chi connectivity index (χ2n) is 6.16. The van der Waals surface area contributed by atoms with Crippen molar-refractivity contribution in [1.29, 1.82) is 0 Å². The number of fused-ring (bicyclic) bond motifs is 1. The molecule has 1 aliphatic heterocycles.